The number of hydrogen-bond donors (Lipinski definition) is 0. The van der Waals surface area contributed by atoms with E-state index in [1.165, 1.54) is 0 Å². The SMILES string of the molecule is CN(C)C(=S)N1CCC(Oc2c(F)c(F)c(F)c(F)c2F)CC1. The summed E-state index contributed by atoms with van der Waals surface area (Å²) in [5.74, 6) is -11.3. The molecule has 0 spiro atoms. The molecule has 0 N–H and O–H groups in total. The van der Waals surface area contributed by atoms with Crippen LogP contribution in [0, 0.1) is 29.1 Å². The number of ether oxygens (including phenoxy) is 1. The van der Waals surface area contributed by atoms with Gasteiger partial charge in [-0.3, -0.25) is 0 Å². The summed E-state index contributed by atoms with van der Waals surface area (Å²) >= 11 is 5.21. The van der Waals surface area contributed by atoms with E-state index >= 15 is 0 Å². The third-order valence-electron chi connectivity index (χ3n) is 3.55. The Kier molecular flexibility index (Phi) is 5.28. The van der Waals surface area contributed by atoms with Gasteiger partial charge in [-0.15, -0.1) is 0 Å². The number of likely N-dealkylation sites (tertiary alicyclic amines) is 1. The molecule has 1 aliphatic rings. The molecule has 23 heavy (non-hydrogen) atoms. The summed E-state index contributed by atoms with van der Waals surface area (Å²) in [5.41, 5.74) is 0. The number of nitrogens with zero attached hydrogens (tertiary/aromatic N) is 2. The van der Waals surface area contributed by atoms with Crippen LogP contribution in [0.3, 0.4) is 0 Å². The van der Waals surface area contributed by atoms with Crippen LogP contribution < -0.4 is 4.74 Å². The molecule has 0 radical (unpaired) electrons. The number of halogens is 5. The second-order valence-electron chi connectivity index (χ2n) is 5.38. The summed E-state index contributed by atoms with van der Waals surface area (Å²) in [7, 11) is 3.58. The van der Waals surface area contributed by atoms with Gasteiger partial charge in [-0.1, -0.05) is 0 Å². The Bertz CT molecular complexity index is 589. The maximum atomic E-state index is 13.6. The standard InChI is InChI=1S/C14H15F5N2OS/c1-20(2)14(23)21-5-3-7(4-6-21)22-13-11(18)9(16)8(15)10(17)12(13)19/h7H,3-6H2,1-2H3. The van der Waals surface area contributed by atoms with Crippen LogP contribution in [-0.2, 0) is 0 Å². The highest BCUT2D eigenvalue weighted by Gasteiger charge is 2.30. The smallest absolute Gasteiger partial charge is 0.207 e. The molecule has 1 saturated heterocycles. The third-order valence-corrected chi connectivity index (χ3v) is 4.17. The molecule has 0 atom stereocenters. The predicted octanol–water partition coefficient (Wildman–Crippen LogP) is 3.07. The van der Waals surface area contributed by atoms with Gasteiger partial charge >= 0.3 is 0 Å². The quantitative estimate of drug-likeness (QED) is 0.351. The molecular formula is C14H15F5N2OS. The molecule has 0 aliphatic carbocycles. The molecule has 0 saturated carbocycles. The first-order valence-corrected chi connectivity index (χ1v) is 7.29. The van der Waals surface area contributed by atoms with E-state index in [9.17, 15) is 22.0 Å². The minimum Gasteiger partial charge on any atom is -0.484 e. The highest BCUT2D eigenvalue weighted by Crippen LogP contribution is 2.31. The van der Waals surface area contributed by atoms with Crippen LogP contribution in [0.15, 0.2) is 0 Å². The van der Waals surface area contributed by atoms with Crippen LogP contribution in [0.2, 0.25) is 0 Å². The second-order valence-corrected chi connectivity index (χ2v) is 5.75. The molecule has 1 fully saturated rings. The van der Waals surface area contributed by atoms with Crippen LogP contribution >= 0.6 is 12.2 Å². The zero-order valence-corrected chi connectivity index (χ0v) is 13.3. The third kappa shape index (κ3) is 3.49. The van der Waals surface area contributed by atoms with Crippen molar-refractivity contribution in [1.29, 1.82) is 0 Å². The van der Waals surface area contributed by atoms with Crippen molar-refractivity contribution in [1.82, 2.24) is 9.80 Å². The Morgan fingerprint density at radius 2 is 1.39 bits per heavy atom. The first kappa shape index (κ1) is 17.7. The van der Waals surface area contributed by atoms with Gasteiger partial charge in [-0.05, 0) is 12.2 Å². The van der Waals surface area contributed by atoms with Crippen molar-refractivity contribution in [2.45, 2.75) is 18.9 Å². The van der Waals surface area contributed by atoms with Crippen LogP contribution in [0.1, 0.15) is 12.8 Å². The summed E-state index contributed by atoms with van der Waals surface area (Å²) in [6.07, 6.45) is 0.0606. The Hall–Kier alpha value is -1.64. The van der Waals surface area contributed by atoms with Crippen molar-refractivity contribution < 1.29 is 26.7 Å². The second kappa shape index (κ2) is 6.86. The molecule has 3 nitrogen and oxygen atoms in total. The Morgan fingerprint density at radius 1 is 0.957 bits per heavy atom. The lowest BCUT2D eigenvalue weighted by Crippen LogP contribution is -2.45. The zero-order valence-electron chi connectivity index (χ0n) is 12.5. The van der Waals surface area contributed by atoms with Gasteiger partial charge in [0, 0.05) is 40.0 Å². The van der Waals surface area contributed by atoms with Crippen molar-refractivity contribution in [3.05, 3.63) is 29.1 Å². The number of rotatable bonds is 2. The van der Waals surface area contributed by atoms with Gasteiger partial charge < -0.3 is 14.5 Å². The van der Waals surface area contributed by atoms with Gasteiger partial charge in [-0.2, -0.15) is 8.78 Å². The normalized spacial score (nSPS) is 15.7. The van der Waals surface area contributed by atoms with Gasteiger partial charge in [0.1, 0.15) is 6.10 Å². The lowest BCUT2D eigenvalue weighted by molar-refractivity contribution is 0.115. The zero-order chi connectivity index (χ0) is 17.3. The van der Waals surface area contributed by atoms with E-state index in [1.807, 2.05) is 4.90 Å². The van der Waals surface area contributed by atoms with Gasteiger partial charge in [0.25, 0.3) is 0 Å². The van der Waals surface area contributed by atoms with E-state index in [2.05, 4.69) is 0 Å². The summed E-state index contributed by atoms with van der Waals surface area (Å²) in [5, 5.41) is 0.611. The molecule has 1 aliphatic heterocycles. The lowest BCUT2D eigenvalue weighted by Gasteiger charge is -2.35. The van der Waals surface area contributed by atoms with Crippen molar-refractivity contribution in [3.63, 3.8) is 0 Å². The largest absolute Gasteiger partial charge is 0.484 e. The molecule has 128 valence electrons. The number of hydrogen-bond acceptors (Lipinski definition) is 2. The summed E-state index contributed by atoms with van der Waals surface area (Å²) in [6, 6.07) is 0. The first-order chi connectivity index (χ1) is 10.7. The molecule has 1 aromatic carbocycles. The Balaban J connectivity index is 2.10. The number of piperidine rings is 1. The van der Waals surface area contributed by atoms with E-state index in [4.69, 9.17) is 17.0 Å². The average Bonchev–Trinajstić information content (AvgIpc) is 2.55. The van der Waals surface area contributed by atoms with Crippen molar-refractivity contribution in [3.8, 4) is 5.75 Å². The van der Waals surface area contributed by atoms with Gasteiger partial charge in [-0.25, -0.2) is 13.2 Å². The Morgan fingerprint density at radius 3 is 1.83 bits per heavy atom. The average molecular weight is 354 g/mol. The van der Waals surface area contributed by atoms with E-state index in [0.29, 0.717) is 31.0 Å². The first-order valence-electron chi connectivity index (χ1n) is 6.88. The number of thiocarbonyl (C=S) groups is 1. The highest BCUT2D eigenvalue weighted by atomic mass is 32.1. The highest BCUT2D eigenvalue weighted by molar-refractivity contribution is 7.80. The molecule has 0 amide bonds. The van der Waals surface area contributed by atoms with Gasteiger partial charge in [0.05, 0.1) is 0 Å². The molecular weight excluding hydrogens is 339 g/mol. The van der Waals surface area contributed by atoms with E-state index in [1.54, 1.807) is 19.0 Å². The molecule has 0 aromatic heterocycles. The summed E-state index contributed by atoms with van der Waals surface area (Å²) in [4.78, 5) is 3.63. The molecule has 1 heterocycles. The molecule has 1 aromatic rings. The molecule has 2 rings (SSSR count). The molecule has 0 bridgehead atoms. The molecule has 9 heteroatoms. The van der Waals surface area contributed by atoms with Crippen molar-refractivity contribution >= 4 is 17.3 Å². The monoisotopic (exact) mass is 354 g/mol. The summed E-state index contributed by atoms with van der Waals surface area (Å²) < 4.78 is 71.5. The fraction of sp³-hybridized carbons (Fsp3) is 0.500. The summed E-state index contributed by atoms with van der Waals surface area (Å²) in [6.45, 7) is 0.939. The van der Waals surface area contributed by atoms with Crippen molar-refractivity contribution in [2.75, 3.05) is 27.2 Å². The van der Waals surface area contributed by atoms with E-state index in [-0.39, 0.29) is 0 Å². The minimum atomic E-state index is -2.20. The maximum absolute atomic E-state index is 13.6. The van der Waals surface area contributed by atoms with Crippen LogP contribution in [0.25, 0.3) is 0 Å². The fourth-order valence-corrected chi connectivity index (χ4v) is 2.49. The number of benzene rings is 1. The fourth-order valence-electron chi connectivity index (χ4n) is 2.30. The van der Waals surface area contributed by atoms with E-state index in [0.717, 1.165) is 0 Å². The lowest BCUT2D eigenvalue weighted by atomic mass is 10.1. The predicted molar refractivity (Wildman–Crippen MR) is 77.7 cm³/mol. The van der Waals surface area contributed by atoms with Crippen molar-refractivity contribution in [2.24, 2.45) is 0 Å². The maximum Gasteiger partial charge on any atom is 0.207 e. The van der Waals surface area contributed by atoms with Crippen LogP contribution in [0.4, 0.5) is 22.0 Å². The topological polar surface area (TPSA) is 15.7 Å². The van der Waals surface area contributed by atoms with Gasteiger partial charge in [0.15, 0.2) is 10.9 Å². The van der Waals surface area contributed by atoms with Crippen LogP contribution in [-0.4, -0.2) is 48.2 Å². The van der Waals surface area contributed by atoms with E-state index < -0.39 is 40.9 Å². The van der Waals surface area contributed by atoms with Crippen LogP contribution in [0.5, 0.6) is 5.75 Å². The molecule has 0 unspecified atom stereocenters. The van der Waals surface area contributed by atoms with Gasteiger partial charge in [0.2, 0.25) is 29.1 Å². The minimum absolute atomic E-state index is 0.355. The Labute approximate surface area is 135 Å².